The standard InChI is InChI=1S/C22H21ClFN3O/c1-15-18(14-25-27(15)21-11-5-4-10-20(21)24)22(28)26-12-6-8-17(26)13-16-7-2-3-9-19(16)23/h2-5,7,9-11,14,17H,6,8,12-13H2,1H3. The minimum atomic E-state index is -0.370. The minimum absolute atomic E-state index is 0.0605. The number of benzene rings is 2. The third-order valence-corrected chi connectivity index (χ3v) is 5.74. The molecule has 1 aliphatic heterocycles. The zero-order valence-electron chi connectivity index (χ0n) is 15.6. The van der Waals surface area contributed by atoms with E-state index in [-0.39, 0.29) is 17.8 Å². The first kappa shape index (κ1) is 18.7. The number of hydrogen-bond acceptors (Lipinski definition) is 2. The fourth-order valence-electron chi connectivity index (χ4n) is 3.87. The van der Waals surface area contributed by atoms with Gasteiger partial charge in [-0.3, -0.25) is 4.79 Å². The van der Waals surface area contributed by atoms with Crippen molar-refractivity contribution >= 4 is 17.5 Å². The Bertz CT molecular complexity index is 1020. The number of hydrogen-bond donors (Lipinski definition) is 0. The van der Waals surface area contributed by atoms with Crippen LogP contribution in [0.15, 0.2) is 54.7 Å². The quantitative estimate of drug-likeness (QED) is 0.633. The summed E-state index contributed by atoms with van der Waals surface area (Å²) in [6, 6.07) is 14.3. The van der Waals surface area contributed by atoms with Gasteiger partial charge in [0.05, 0.1) is 17.5 Å². The molecule has 0 spiro atoms. The monoisotopic (exact) mass is 397 g/mol. The summed E-state index contributed by atoms with van der Waals surface area (Å²) in [5, 5.41) is 5.00. The highest BCUT2D eigenvalue weighted by Gasteiger charge is 2.31. The third kappa shape index (κ3) is 3.42. The number of rotatable bonds is 4. The van der Waals surface area contributed by atoms with Crippen molar-refractivity contribution in [3.63, 3.8) is 0 Å². The van der Waals surface area contributed by atoms with E-state index in [0.29, 0.717) is 23.5 Å². The molecule has 0 bridgehead atoms. The lowest BCUT2D eigenvalue weighted by atomic mass is 10.0. The highest BCUT2D eigenvalue weighted by molar-refractivity contribution is 6.31. The van der Waals surface area contributed by atoms with Gasteiger partial charge in [-0.1, -0.05) is 41.9 Å². The number of carbonyl (C=O) groups excluding carboxylic acids is 1. The molecule has 1 atom stereocenters. The van der Waals surface area contributed by atoms with Crippen LogP contribution in [-0.2, 0) is 6.42 Å². The average Bonchev–Trinajstić information content (AvgIpc) is 3.30. The van der Waals surface area contributed by atoms with Crippen LogP contribution in [0.2, 0.25) is 5.02 Å². The SMILES string of the molecule is Cc1c(C(=O)N2CCCC2Cc2ccccc2Cl)cnn1-c1ccccc1F. The van der Waals surface area contributed by atoms with Gasteiger partial charge in [0.2, 0.25) is 0 Å². The number of halogens is 2. The third-order valence-electron chi connectivity index (χ3n) is 5.37. The fourth-order valence-corrected chi connectivity index (χ4v) is 4.09. The molecule has 0 saturated carbocycles. The van der Waals surface area contributed by atoms with E-state index in [2.05, 4.69) is 5.10 Å². The van der Waals surface area contributed by atoms with E-state index in [1.165, 1.54) is 16.9 Å². The molecule has 0 aliphatic carbocycles. The van der Waals surface area contributed by atoms with E-state index in [4.69, 9.17) is 11.6 Å². The summed E-state index contributed by atoms with van der Waals surface area (Å²) in [5.74, 6) is -0.430. The molecule has 144 valence electrons. The first-order valence-corrected chi connectivity index (χ1v) is 9.78. The fraction of sp³-hybridized carbons (Fsp3) is 0.273. The summed E-state index contributed by atoms with van der Waals surface area (Å²) >= 11 is 6.31. The van der Waals surface area contributed by atoms with E-state index in [9.17, 15) is 9.18 Å². The summed E-state index contributed by atoms with van der Waals surface area (Å²) in [4.78, 5) is 15.1. The maximum Gasteiger partial charge on any atom is 0.257 e. The Kier molecular flexibility index (Phi) is 5.18. The van der Waals surface area contributed by atoms with Gasteiger partial charge in [-0.2, -0.15) is 5.10 Å². The predicted octanol–water partition coefficient (Wildman–Crippen LogP) is 4.82. The molecule has 2 heterocycles. The van der Waals surface area contributed by atoms with E-state index in [0.717, 1.165) is 29.8 Å². The lowest BCUT2D eigenvalue weighted by Gasteiger charge is -2.25. The second kappa shape index (κ2) is 7.76. The zero-order valence-corrected chi connectivity index (χ0v) is 16.4. The van der Waals surface area contributed by atoms with Gasteiger partial charge in [-0.15, -0.1) is 0 Å². The molecule has 0 N–H and O–H groups in total. The number of amides is 1. The maximum absolute atomic E-state index is 14.1. The van der Waals surface area contributed by atoms with Gasteiger partial charge in [-0.05, 0) is 49.9 Å². The second-order valence-corrected chi connectivity index (χ2v) is 7.50. The molecule has 1 amide bonds. The molecule has 1 aliphatic rings. The van der Waals surface area contributed by atoms with E-state index in [1.807, 2.05) is 29.2 Å². The lowest BCUT2D eigenvalue weighted by molar-refractivity contribution is 0.0735. The molecular weight excluding hydrogens is 377 g/mol. The number of aromatic nitrogens is 2. The van der Waals surface area contributed by atoms with Crippen molar-refractivity contribution in [1.82, 2.24) is 14.7 Å². The summed E-state index contributed by atoms with van der Waals surface area (Å²) < 4.78 is 15.6. The molecule has 1 aromatic heterocycles. The number of carbonyl (C=O) groups is 1. The van der Waals surface area contributed by atoms with Crippen LogP contribution in [0.3, 0.4) is 0 Å². The molecule has 1 unspecified atom stereocenters. The van der Waals surface area contributed by atoms with Crippen molar-refractivity contribution in [2.75, 3.05) is 6.54 Å². The maximum atomic E-state index is 14.1. The molecule has 1 saturated heterocycles. The van der Waals surface area contributed by atoms with Crippen molar-refractivity contribution < 1.29 is 9.18 Å². The highest BCUT2D eigenvalue weighted by atomic mass is 35.5. The number of nitrogens with zero attached hydrogens (tertiary/aromatic N) is 3. The summed E-state index contributed by atoms with van der Waals surface area (Å²) in [5.41, 5.74) is 2.54. The minimum Gasteiger partial charge on any atom is -0.335 e. The molecule has 0 radical (unpaired) electrons. The van der Waals surface area contributed by atoms with Crippen molar-refractivity contribution in [2.24, 2.45) is 0 Å². The van der Waals surface area contributed by atoms with Crippen molar-refractivity contribution in [3.05, 3.63) is 82.4 Å². The first-order chi connectivity index (χ1) is 13.6. The van der Waals surface area contributed by atoms with Gasteiger partial charge in [0, 0.05) is 17.6 Å². The Labute approximate surface area is 168 Å². The van der Waals surface area contributed by atoms with Crippen molar-refractivity contribution in [1.29, 1.82) is 0 Å². The van der Waals surface area contributed by atoms with E-state index in [1.54, 1.807) is 25.1 Å². The van der Waals surface area contributed by atoms with Gasteiger partial charge in [0.1, 0.15) is 11.5 Å². The number of likely N-dealkylation sites (tertiary alicyclic amines) is 1. The van der Waals surface area contributed by atoms with Crippen LogP contribution in [0.5, 0.6) is 0 Å². The Morgan fingerprint density at radius 1 is 1.21 bits per heavy atom. The Morgan fingerprint density at radius 2 is 1.96 bits per heavy atom. The molecule has 4 rings (SSSR count). The first-order valence-electron chi connectivity index (χ1n) is 9.40. The van der Waals surface area contributed by atoms with Crippen molar-refractivity contribution in [3.8, 4) is 5.69 Å². The topological polar surface area (TPSA) is 38.1 Å². The Morgan fingerprint density at radius 3 is 2.75 bits per heavy atom. The second-order valence-electron chi connectivity index (χ2n) is 7.10. The molecular formula is C22H21ClFN3O. The highest BCUT2D eigenvalue weighted by Crippen LogP contribution is 2.27. The van der Waals surface area contributed by atoms with Gasteiger partial charge in [-0.25, -0.2) is 9.07 Å². The van der Waals surface area contributed by atoms with Gasteiger partial charge >= 0.3 is 0 Å². The summed E-state index contributed by atoms with van der Waals surface area (Å²) in [6.45, 7) is 2.50. The predicted molar refractivity (Wildman–Crippen MR) is 107 cm³/mol. The zero-order chi connectivity index (χ0) is 19.7. The lowest BCUT2D eigenvalue weighted by Crippen LogP contribution is -2.37. The van der Waals surface area contributed by atoms with Crippen LogP contribution in [0.25, 0.3) is 5.69 Å². The molecule has 28 heavy (non-hydrogen) atoms. The normalized spacial score (nSPS) is 16.5. The van der Waals surface area contributed by atoms with Gasteiger partial charge in [0.25, 0.3) is 5.91 Å². The number of para-hydroxylation sites is 1. The van der Waals surface area contributed by atoms with Crippen LogP contribution < -0.4 is 0 Å². The van der Waals surface area contributed by atoms with Crippen molar-refractivity contribution in [2.45, 2.75) is 32.2 Å². The van der Waals surface area contributed by atoms with Crippen LogP contribution in [-0.4, -0.2) is 33.2 Å². The summed E-state index contributed by atoms with van der Waals surface area (Å²) in [7, 11) is 0. The molecule has 6 heteroatoms. The molecule has 2 aromatic carbocycles. The van der Waals surface area contributed by atoms with Crippen LogP contribution in [0.4, 0.5) is 4.39 Å². The van der Waals surface area contributed by atoms with Crippen LogP contribution in [0, 0.1) is 12.7 Å². The van der Waals surface area contributed by atoms with Crippen LogP contribution in [0.1, 0.15) is 34.5 Å². The van der Waals surface area contributed by atoms with E-state index < -0.39 is 0 Å². The average molecular weight is 398 g/mol. The molecule has 1 fully saturated rings. The molecule has 4 nitrogen and oxygen atoms in total. The van der Waals surface area contributed by atoms with Crippen LogP contribution >= 0.6 is 11.6 Å². The molecule has 3 aromatic rings. The largest absolute Gasteiger partial charge is 0.335 e. The smallest absolute Gasteiger partial charge is 0.257 e. The Hall–Kier alpha value is -2.66. The summed E-state index contributed by atoms with van der Waals surface area (Å²) in [6.07, 6.45) is 4.17. The van der Waals surface area contributed by atoms with Gasteiger partial charge in [0.15, 0.2) is 0 Å². The van der Waals surface area contributed by atoms with Gasteiger partial charge < -0.3 is 4.90 Å². The van der Waals surface area contributed by atoms with E-state index >= 15 is 0 Å². The Balaban J connectivity index is 1.59.